The van der Waals surface area contributed by atoms with E-state index in [-0.39, 0.29) is 23.8 Å². The number of rotatable bonds is 8. The zero-order valence-corrected chi connectivity index (χ0v) is 20.9. The van der Waals surface area contributed by atoms with Crippen LogP contribution in [0.2, 0.25) is 0 Å². The first-order valence-electron chi connectivity index (χ1n) is 10.6. The van der Waals surface area contributed by atoms with Gasteiger partial charge in [0.2, 0.25) is 5.91 Å². The smallest absolute Gasteiger partial charge is 0.261 e. The maximum Gasteiger partial charge on any atom is 0.261 e. The van der Waals surface area contributed by atoms with E-state index >= 15 is 0 Å². The lowest BCUT2D eigenvalue weighted by molar-refractivity contribution is -0.142. The zero-order valence-electron chi connectivity index (χ0n) is 19.3. The van der Waals surface area contributed by atoms with E-state index in [2.05, 4.69) is 42.0 Å². The third kappa shape index (κ3) is 6.82. The topological polar surface area (TPSA) is 58.6 Å². The van der Waals surface area contributed by atoms with E-state index in [1.54, 1.807) is 11.9 Å². The summed E-state index contributed by atoms with van der Waals surface area (Å²) in [7, 11) is 1.59. The number of amides is 2. The standard InChI is InChI=1S/C25H33BrN2O3/c1-7-21(24(30)27-6)28(15-18-10-8-9-17(2)13-18)23(29)16-31-22-12-11-19(14-20(22)26)25(3,4)5/h8-14,21H,7,15-16H2,1-6H3,(H,27,30). The predicted octanol–water partition coefficient (Wildman–Crippen LogP) is 4.99. The molecule has 0 bridgehead atoms. The summed E-state index contributed by atoms with van der Waals surface area (Å²) in [5.41, 5.74) is 3.27. The van der Waals surface area contributed by atoms with Gasteiger partial charge in [0.1, 0.15) is 11.8 Å². The van der Waals surface area contributed by atoms with Crippen LogP contribution in [0.25, 0.3) is 0 Å². The van der Waals surface area contributed by atoms with Gasteiger partial charge in [-0.15, -0.1) is 0 Å². The normalized spacial score (nSPS) is 12.2. The van der Waals surface area contributed by atoms with Gasteiger partial charge in [-0.25, -0.2) is 0 Å². The van der Waals surface area contributed by atoms with Gasteiger partial charge >= 0.3 is 0 Å². The van der Waals surface area contributed by atoms with Crippen LogP contribution in [-0.2, 0) is 21.5 Å². The first kappa shape index (κ1) is 24.9. The molecule has 0 heterocycles. The van der Waals surface area contributed by atoms with Crippen molar-refractivity contribution >= 4 is 27.7 Å². The maximum atomic E-state index is 13.2. The highest BCUT2D eigenvalue weighted by molar-refractivity contribution is 9.10. The second-order valence-electron chi connectivity index (χ2n) is 8.73. The molecule has 2 amide bonds. The molecule has 0 fully saturated rings. The van der Waals surface area contributed by atoms with E-state index in [1.807, 2.05) is 56.3 Å². The number of halogens is 1. The van der Waals surface area contributed by atoms with E-state index in [4.69, 9.17) is 4.74 Å². The van der Waals surface area contributed by atoms with Crippen molar-refractivity contribution in [1.29, 1.82) is 0 Å². The fourth-order valence-electron chi connectivity index (χ4n) is 3.40. The Balaban J connectivity index is 2.21. The minimum Gasteiger partial charge on any atom is -0.483 e. The van der Waals surface area contributed by atoms with Crippen LogP contribution in [0.5, 0.6) is 5.75 Å². The van der Waals surface area contributed by atoms with Gasteiger partial charge in [0.05, 0.1) is 4.47 Å². The lowest BCUT2D eigenvalue weighted by Gasteiger charge is -2.30. The maximum absolute atomic E-state index is 13.2. The molecule has 0 aliphatic carbocycles. The zero-order chi connectivity index (χ0) is 23.2. The van der Waals surface area contributed by atoms with Crippen LogP contribution in [0.15, 0.2) is 46.9 Å². The van der Waals surface area contributed by atoms with Gasteiger partial charge < -0.3 is 15.0 Å². The number of hydrogen-bond donors (Lipinski definition) is 1. The summed E-state index contributed by atoms with van der Waals surface area (Å²) in [5, 5.41) is 2.67. The summed E-state index contributed by atoms with van der Waals surface area (Å²) < 4.78 is 6.65. The number of carbonyl (C=O) groups excluding carboxylic acids is 2. The molecule has 168 valence electrons. The van der Waals surface area contributed by atoms with Crippen molar-refractivity contribution in [1.82, 2.24) is 10.2 Å². The van der Waals surface area contributed by atoms with E-state index < -0.39 is 6.04 Å². The second kappa shape index (κ2) is 10.8. The molecule has 1 unspecified atom stereocenters. The van der Waals surface area contributed by atoms with Crippen LogP contribution < -0.4 is 10.1 Å². The van der Waals surface area contributed by atoms with Crippen LogP contribution >= 0.6 is 15.9 Å². The Hall–Kier alpha value is -2.34. The monoisotopic (exact) mass is 488 g/mol. The van der Waals surface area contributed by atoms with E-state index in [0.717, 1.165) is 15.6 Å². The first-order valence-corrected chi connectivity index (χ1v) is 11.4. The van der Waals surface area contributed by atoms with E-state index in [1.165, 1.54) is 5.56 Å². The number of nitrogens with one attached hydrogen (secondary N) is 1. The number of hydrogen-bond acceptors (Lipinski definition) is 3. The average Bonchev–Trinajstić information content (AvgIpc) is 2.71. The van der Waals surface area contributed by atoms with Crippen molar-refractivity contribution in [2.75, 3.05) is 13.7 Å². The molecule has 0 saturated heterocycles. The van der Waals surface area contributed by atoms with E-state index in [9.17, 15) is 9.59 Å². The first-order chi connectivity index (χ1) is 14.6. The Morgan fingerprint density at radius 1 is 1.16 bits per heavy atom. The van der Waals surface area contributed by atoms with Crippen molar-refractivity contribution in [3.05, 3.63) is 63.6 Å². The SMILES string of the molecule is CCC(C(=O)NC)N(Cc1cccc(C)c1)C(=O)COc1ccc(C(C)(C)C)cc1Br. The molecule has 0 aliphatic rings. The van der Waals surface area contributed by atoms with Crippen molar-refractivity contribution in [3.8, 4) is 5.75 Å². The Labute approximate surface area is 194 Å². The van der Waals surface area contributed by atoms with Crippen LogP contribution in [0.1, 0.15) is 50.8 Å². The lowest BCUT2D eigenvalue weighted by Crippen LogP contribution is -2.49. The summed E-state index contributed by atoms with van der Waals surface area (Å²) in [5.74, 6) is 0.188. The fraction of sp³-hybridized carbons (Fsp3) is 0.440. The summed E-state index contributed by atoms with van der Waals surface area (Å²) in [6, 6.07) is 13.3. The summed E-state index contributed by atoms with van der Waals surface area (Å²) >= 11 is 3.55. The third-order valence-electron chi connectivity index (χ3n) is 5.22. The molecule has 0 aliphatic heterocycles. The molecule has 0 aromatic heterocycles. The molecular weight excluding hydrogens is 456 g/mol. The minimum atomic E-state index is -0.562. The summed E-state index contributed by atoms with van der Waals surface area (Å²) in [6.07, 6.45) is 0.515. The number of nitrogens with zero attached hydrogens (tertiary/aromatic N) is 1. The third-order valence-corrected chi connectivity index (χ3v) is 5.84. The number of benzene rings is 2. The van der Waals surface area contributed by atoms with Gasteiger partial charge in [-0.2, -0.15) is 0 Å². The second-order valence-corrected chi connectivity index (χ2v) is 9.59. The molecule has 2 rings (SSSR count). The van der Waals surface area contributed by atoms with Crippen molar-refractivity contribution in [2.45, 2.75) is 59.0 Å². The average molecular weight is 489 g/mol. The highest BCUT2D eigenvalue weighted by Gasteiger charge is 2.28. The molecule has 6 heteroatoms. The molecule has 0 spiro atoms. The van der Waals surface area contributed by atoms with Crippen molar-refractivity contribution < 1.29 is 14.3 Å². The Morgan fingerprint density at radius 3 is 2.42 bits per heavy atom. The largest absolute Gasteiger partial charge is 0.483 e. The summed E-state index contributed by atoms with van der Waals surface area (Å²) in [4.78, 5) is 27.2. The van der Waals surface area contributed by atoms with Gasteiger partial charge in [0.15, 0.2) is 6.61 Å². The minimum absolute atomic E-state index is 0.0172. The van der Waals surface area contributed by atoms with Gasteiger partial charge in [0, 0.05) is 13.6 Å². The molecular formula is C25H33BrN2O3. The Kier molecular flexibility index (Phi) is 8.69. The van der Waals surface area contributed by atoms with Crippen LogP contribution in [0.3, 0.4) is 0 Å². The molecule has 2 aromatic rings. The molecule has 1 atom stereocenters. The molecule has 0 saturated carbocycles. The number of ether oxygens (including phenoxy) is 1. The molecule has 5 nitrogen and oxygen atoms in total. The fourth-order valence-corrected chi connectivity index (χ4v) is 3.89. The van der Waals surface area contributed by atoms with Gasteiger partial charge in [-0.1, -0.05) is 63.6 Å². The molecule has 1 N–H and O–H groups in total. The van der Waals surface area contributed by atoms with Crippen molar-refractivity contribution in [2.24, 2.45) is 0 Å². The molecule has 0 radical (unpaired) electrons. The molecule has 31 heavy (non-hydrogen) atoms. The highest BCUT2D eigenvalue weighted by atomic mass is 79.9. The Bertz CT molecular complexity index is 921. The number of aryl methyl sites for hydroxylation is 1. The number of likely N-dealkylation sites (N-methyl/N-ethyl adjacent to an activating group) is 1. The van der Waals surface area contributed by atoms with Crippen LogP contribution in [0, 0.1) is 6.92 Å². The van der Waals surface area contributed by atoms with Gasteiger partial charge in [-0.05, 0) is 57.9 Å². The van der Waals surface area contributed by atoms with Crippen LogP contribution in [0.4, 0.5) is 0 Å². The highest BCUT2D eigenvalue weighted by Crippen LogP contribution is 2.31. The lowest BCUT2D eigenvalue weighted by atomic mass is 9.87. The van der Waals surface area contributed by atoms with Gasteiger partial charge in [0.25, 0.3) is 5.91 Å². The Morgan fingerprint density at radius 2 is 1.87 bits per heavy atom. The van der Waals surface area contributed by atoms with E-state index in [0.29, 0.717) is 18.7 Å². The predicted molar refractivity (Wildman–Crippen MR) is 128 cm³/mol. The van der Waals surface area contributed by atoms with Crippen LogP contribution in [-0.4, -0.2) is 36.4 Å². The quantitative estimate of drug-likeness (QED) is 0.569. The number of carbonyl (C=O) groups is 2. The van der Waals surface area contributed by atoms with Gasteiger partial charge in [-0.3, -0.25) is 9.59 Å². The summed E-state index contributed by atoms with van der Waals surface area (Å²) in [6.45, 7) is 10.5. The molecule has 2 aromatic carbocycles. The van der Waals surface area contributed by atoms with Crippen molar-refractivity contribution in [3.63, 3.8) is 0 Å².